The van der Waals surface area contributed by atoms with Crippen LogP contribution in [0.4, 0.5) is 0 Å². The Morgan fingerprint density at radius 1 is 0.778 bits per heavy atom. The molecule has 0 saturated heterocycles. The fourth-order valence-corrected chi connectivity index (χ4v) is 3.00. The van der Waals surface area contributed by atoms with Crippen LogP contribution in [-0.4, -0.2) is 17.8 Å². The Hall–Kier alpha value is -3.11. The first-order valence-electron chi connectivity index (χ1n) is 8.78. The van der Waals surface area contributed by atoms with Crippen LogP contribution in [0.3, 0.4) is 0 Å². The van der Waals surface area contributed by atoms with Gasteiger partial charge in [-0.15, -0.1) is 0 Å². The minimum atomic E-state index is -0.960. The third kappa shape index (κ3) is 4.96. The van der Waals surface area contributed by atoms with Gasteiger partial charge in [0.05, 0.1) is 18.8 Å². The number of hydrogen-bond acceptors (Lipinski definition) is 3. The number of aliphatic hydroxyl groups excluding tert-OH is 1. The van der Waals surface area contributed by atoms with Gasteiger partial charge in [0.25, 0.3) is 0 Å². The highest BCUT2D eigenvalue weighted by molar-refractivity contribution is 5.30. The average molecular weight is 359 g/mol. The SMILES string of the molecule is [N-]=[N+]=N[C@H](c1ccccc1)[C@@H](O)COC(c1ccccc1)c1ccccc1. The van der Waals surface area contributed by atoms with Crippen molar-refractivity contribution in [3.05, 3.63) is 118 Å². The smallest absolute Gasteiger partial charge is 0.108 e. The minimum Gasteiger partial charge on any atom is -0.390 e. The average Bonchev–Trinajstić information content (AvgIpc) is 2.74. The molecule has 5 nitrogen and oxygen atoms in total. The second-order valence-electron chi connectivity index (χ2n) is 6.16. The summed E-state index contributed by atoms with van der Waals surface area (Å²) in [6.07, 6.45) is -1.28. The molecule has 0 aliphatic heterocycles. The number of benzene rings is 3. The van der Waals surface area contributed by atoms with Crippen molar-refractivity contribution in [3.8, 4) is 0 Å². The quantitative estimate of drug-likeness (QED) is 0.341. The first-order valence-corrected chi connectivity index (χ1v) is 8.78. The molecule has 3 aromatic rings. The molecule has 2 atom stereocenters. The van der Waals surface area contributed by atoms with E-state index in [1.807, 2.05) is 91.0 Å². The molecule has 0 aromatic heterocycles. The molecule has 0 fully saturated rings. The van der Waals surface area contributed by atoms with Crippen LogP contribution in [0, 0.1) is 0 Å². The molecule has 136 valence electrons. The lowest BCUT2D eigenvalue weighted by Gasteiger charge is -2.24. The summed E-state index contributed by atoms with van der Waals surface area (Å²) in [6, 6.07) is 28.2. The molecule has 1 N–H and O–H groups in total. The fraction of sp³-hybridized carbons (Fsp3) is 0.182. The van der Waals surface area contributed by atoms with Crippen molar-refractivity contribution >= 4 is 0 Å². The van der Waals surface area contributed by atoms with E-state index in [1.54, 1.807) is 0 Å². The van der Waals surface area contributed by atoms with Crippen LogP contribution in [0.1, 0.15) is 28.8 Å². The second-order valence-corrected chi connectivity index (χ2v) is 6.16. The lowest BCUT2D eigenvalue weighted by atomic mass is 10.0. The zero-order chi connectivity index (χ0) is 18.9. The summed E-state index contributed by atoms with van der Waals surface area (Å²) in [4.78, 5) is 2.89. The molecule has 0 aliphatic rings. The normalized spacial score (nSPS) is 13.0. The topological polar surface area (TPSA) is 78.2 Å². The van der Waals surface area contributed by atoms with Crippen molar-refractivity contribution in [2.75, 3.05) is 6.61 Å². The fourth-order valence-electron chi connectivity index (χ4n) is 3.00. The molecular formula is C22H21N3O2. The van der Waals surface area contributed by atoms with Crippen molar-refractivity contribution in [3.63, 3.8) is 0 Å². The number of azide groups is 1. The Balaban J connectivity index is 1.79. The molecule has 0 spiro atoms. The van der Waals surface area contributed by atoms with Gasteiger partial charge >= 0.3 is 0 Å². The van der Waals surface area contributed by atoms with Gasteiger partial charge in [-0.05, 0) is 22.2 Å². The van der Waals surface area contributed by atoms with E-state index in [1.165, 1.54) is 0 Å². The maximum Gasteiger partial charge on any atom is 0.108 e. The Kier molecular flexibility index (Phi) is 6.61. The molecule has 0 bridgehead atoms. The van der Waals surface area contributed by atoms with Crippen LogP contribution >= 0.6 is 0 Å². The van der Waals surface area contributed by atoms with Crippen LogP contribution in [0.5, 0.6) is 0 Å². The predicted molar refractivity (Wildman–Crippen MR) is 105 cm³/mol. The molecule has 5 heteroatoms. The van der Waals surface area contributed by atoms with Gasteiger partial charge in [0.1, 0.15) is 6.10 Å². The first-order chi connectivity index (χ1) is 13.3. The molecule has 0 saturated carbocycles. The molecule has 3 aromatic carbocycles. The van der Waals surface area contributed by atoms with Crippen LogP contribution in [0.25, 0.3) is 10.4 Å². The summed E-state index contributed by atoms with van der Waals surface area (Å²) >= 11 is 0. The van der Waals surface area contributed by atoms with Gasteiger partial charge < -0.3 is 9.84 Å². The Bertz CT molecular complexity index is 826. The summed E-state index contributed by atoms with van der Waals surface area (Å²) in [5, 5.41) is 14.4. The summed E-state index contributed by atoms with van der Waals surface area (Å²) in [5.41, 5.74) is 11.6. The van der Waals surface area contributed by atoms with Crippen LogP contribution in [-0.2, 0) is 4.74 Å². The molecule has 0 radical (unpaired) electrons. The van der Waals surface area contributed by atoms with Gasteiger partial charge in [0.2, 0.25) is 0 Å². The van der Waals surface area contributed by atoms with Crippen LogP contribution in [0.15, 0.2) is 96.1 Å². The predicted octanol–water partition coefficient (Wildman–Crippen LogP) is 5.21. The summed E-state index contributed by atoms with van der Waals surface area (Å²) in [7, 11) is 0. The number of hydrogen-bond donors (Lipinski definition) is 1. The van der Waals surface area contributed by atoms with E-state index in [0.29, 0.717) is 0 Å². The summed E-state index contributed by atoms with van der Waals surface area (Å²) in [6.45, 7) is 0.0348. The maximum atomic E-state index is 10.6. The number of nitrogens with zero attached hydrogens (tertiary/aromatic N) is 3. The second kappa shape index (κ2) is 9.55. The highest BCUT2D eigenvalue weighted by atomic mass is 16.5. The molecule has 0 heterocycles. The third-order valence-corrected chi connectivity index (χ3v) is 4.32. The van der Waals surface area contributed by atoms with Gasteiger partial charge in [-0.2, -0.15) is 0 Å². The van der Waals surface area contributed by atoms with E-state index in [-0.39, 0.29) is 12.7 Å². The zero-order valence-electron chi connectivity index (χ0n) is 14.8. The molecule has 0 amide bonds. The Morgan fingerprint density at radius 3 is 1.67 bits per heavy atom. The zero-order valence-corrected chi connectivity index (χ0v) is 14.8. The van der Waals surface area contributed by atoms with E-state index in [9.17, 15) is 5.11 Å². The van der Waals surface area contributed by atoms with E-state index in [0.717, 1.165) is 16.7 Å². The van der Waals surface area contributed by atoms with Crippen LogP contribution < -0.4 is 0 Å². The van der Waals surface area contributed by atoms with E-state index < -0.39 is 12.1 Å². The van der Waals surface area contributed by atoms with Gasteiger partial charge in [-0.3, -0.25) is 0 Å². The molecule has 0 aliphatic carbocycles. The summed E-state index contributed by atoms with van der Waals surface area (Å²) < 4.78 is 6.09. The first kappa shape index (κ1) is 18.7. The van der Waals surface area contributed by atoms with Crippen molar-refractivity contribution in [2.24, 2.45) is 5.11 Å². The lowest BCUT2D eigenvalue weighted by Crippen LogP contribution is -2.24. The van der Waals surface area contributed by atoms with E-state index >= 15 is 0 Å². The van der Waals surface area contributed by atoms with Crippen LogP contribution in [0.2, 0.25) is 0 Å². The highest BCUT2D eigenvalue weighted by Gasteiger charge is 2.23. The number of ether oxygens (including phenoxy) is 1. The molecular weight excluding hydrogens is 338 g/mol. The van der Waals surface area contributed by atoms with Gasteiger partial charge in [0.15, 0.2) is 0 Å². The lowest BCUT2D eigenvalue weighted by molar-refractivity contribution is -0.00451. The largest absolute Gasteiger partial charge is 0.390 e. The van der Waals surface area contributed by atoms with E-state index in [2.05, 4.69) is 10.0 Å². The van der Waals surface area contributed by atoms with Crippen molar-refractivity contribution in [2.45, 2.75) is 18.2 Å². The molecule has 27 heavy (non-hydrogen) atoms. The molecule has 0 unspecified atom stereocenters. The Labute approximate surface area is 158 Å². The third-order valence-electron chi connectivity index (χ3n) is 4.32. The van der Waals surface area contributed by atoms with Crippen molar-refractivity contribution < 1.29 is 9.84 Å². The van der Waals surface area contributed by atoms with Gasteiger partial charge in [-0.1, -0.05) is 96.1 Å². The Morgan fingerprint density at radius 2 is 1.22 bits per heavy atom. The molecule has 3 rings (SSSR count). The van der Waals surface area contributed by atoms with Crippen molar-refractivity contribution in [1.82, 2.24) is 0 Å². The maximum absolute atomic E-state index is 10.6. The highest BCUT2D eigenvalue weighted by Crippen LogP contribution is 2.28. The monoisotopic (exact) mass is 359 g/mol. The summed E-state index contributed by atoms with van der Waals surface area (Å²) in [5.74, 6) is 0. The van der Waals surface area contributed by atoms with Gasteiger partial charge in [0, 0.05) is 4.91 Å². The standard InChI is InChI=1S/C22H21N3O2/c23-25-24-21(17-10-4-1-5-11-17)20(26)16-27-22(18-12-6-2-7-13-18)19-14-8-3-9-15-19/h1-15,20-22,26H,16H2/t20-,21+/m0/s1. The number of aliphatic hydroxyl groups is 1. The van der Waals surface area contributed by atoms with Crippen molar-refractivity contribution in [1.29, 1.82) is 0 Å². The minimum absolute atomic E-state index is 0.0348. The van der Waals surface area contributed by atoms with Gasteiger partial charge in [-0.25, -0.2) is 0 Å². The number of rotatable bonds is 8. The van der Waals surface area contributed by atoms with E-state index in [4.69, 9.17) is 10.3 Å².